The van der Waals surface area contributed by atoms with Gasteiger partial charge in [0.1, 0.15) is 6.10 Å². The molecule has 1 fully saturated rings. The van der Waals surface area contributed by atoms with Gasteiger partial charge in [0.2, 0.25) is 0 Å². The van der Waals surface area contributed by atoms with Gasteiger partial charge in [-0.2, -0.15) is 0 Å². The highest BCUT2D eigenvalue weighted by Gasteiger charge is 2.24. The van der Waals surface area contributed by atoms with Crippen molar-refractivity contribution in [2.24, 2.45) is 5.92 Å². The van der Waals surface area contributed by atoms with E-state index >= 15 is 0 Å². The predicted molar refractivity (Wildman–Crippen MR) is 57.5 cm³/mol. The molecule has 3 nitrogen and oxygen atoms in total. The second kappa shape index (κ2) is 4.73. The summed E-state index contributed by atoms with van der Waals surface area (Å²) in [5.41, 5.74) is 1.90. The van der Waals surface area contributed by atoms with Crippen LogP contribution in [0.15, 0.2) is 18.3 Å². The van der Waals surface area contributed by atoms with Gasteiger partial charge in [-0.3, -0.25) is 4.98 Å². The van der Waals surface area contributed by atoms with E-state index in [-0.39, 0.29) is 5.92 Å². The molecule has 2 rings (SSSR count). The number of aliphatic hydroxyl groups is 1. The molecule has 0 radical (unpaired) electrons. The molecule has 2 atom stereocenters. The Morgan fingerprint density at radius 3 is 3.13 bits per heavy atom. The summed E-state index contributed by atoms with van der Waals surface area (Å²) >= 11 is 0. The normalized spacial score (nSPS) is 23.7. The minimum Gasteiger partial charge on any atom is -0.386 e. The van der Waals surface area contributed by atoms with Gasteiger partial charge < -0.3 is 9.84 Å². The fourth-order valence-electron chi connectivity index (χ4n) is 1.98. The van der Waals surface area contributed by atoms with Gasteiger partial charge in [-0.15, -0.1) is 0 Å². The highest BCUT2D eigenvalue weighted by atomic mass is 16.5. The van der Waals surface area contributed by atoms with Crippen LogP contribution in [-0.4, -0.2) is 23.3 Å². The van der Waals surface area contributed by atoms with E-state index < -0.39 is 6.10 Å². The highest BCUT2D eigenvalue weighted by molar-refractivity contribution is 5.16. The molecule has 0 saturated carbocycles. The van der Waals surface area contributed by atoms with Crippen LogP contribution in [0.2, 0.25) is 0 Å². The van der Waals surface area contributed by atoms with Crippen molar-refractivity contribution in [2.45, 2.75) is 25.9 Å². The molecule has 1 aliphatic heterocycles. The van der Waals surface area contributed by atoms with Crippen molar-refractivity contribution in [3.05, 3.63) is 29.6 Å². The van der Waals surface area contributed by atoms with Gasteiger partial charge in [0.25, 0.3) is 0 Å². The van der Waals surface area contributed by atoms with Gasteiger partial charge in [0.15, 0.2) is 0 Å². The molecule has 0 bridgehead atoms. The molecule has 15 heavy (non-hydrogen) atoms. The smallest absolute Gasteiger partial charge is 0.101 e. The van der Waals surface area contributed by atoms with Crippen molar-refractivity contribution in [3.8, 4) is 0 Å². The van der Waals surface area contributed by atoms with Crippen molar-refractivity contribution >= 4 is 0 Å². The Morgan fingerprint density at radius 2 is 2.47 bits per heavy atom. The van der Waals surface area contributed by atoms with Crippen LogP contribution in [0.5, 0.6) is 0 Å². The number of aryl methyl sites for hydroxylation is 1. The first-order valence-electron chi connectivity index (χ1n) is 5.46. The van der Waals surface area contributed by atoms with Crippen molar-refractivity contribution in [1.29, 1.82) is 0 Å². The Morgan fingerprint density at radius 1 is 1.60 bits per heavy atom. The summed E-state index contributed by atoms with van der Waals surface area (Å²) in [6.07, 6.45) is 3.33. The SMILES string of the molecule is Cc1ccnc(C(O)C2CCCOC2)c1. The Bertz CT molecular complexity index is 321. The lowest BCUT2D eigenvalue weighted by Crippen LogP contribution is -2.24. The molecule has 1 aromatic heterocycles. The average molecular weight is 207 g/mol. The van der Waals surface area contributed by atoms with Crippen LogP contribution < -0.4 is 0 Å². The molecular formula is C12H17NO2. The second-order valence-corrected chi connectivity index (χ2v) is 4.18. The van der Waals surface area contributed by atoms with Crippen LogP contribution >= 0.6 is 0 Å². The van der Waals surface area contributed by atoms with E-state index in [1.165, 1.54) is 0 Å². The molecule has 3 heteroatoms. The van der Waals surface area contributed by atoms with Crippen LogP contribution in [-0.2, 0) is 4.74 Å². The third-order valence-corrected chi connectivity index (χ3v) is 2.88. The van der Waals surface area contributed by atoms with Gasteiger partial charge in [0, 0.05) is 18.7 Å². The van der Waals surface area contributed by atoms with Crippen LogP contribution in [0, 0.1) is 12.8 Å². The first-order valence-corrected chi connectivity index (χ1v) is 5.46. The number of nitrogens with zero attached hydrogens (tertiary/aromatic N) is 1. The maximum absolute atomic E-state index is 10.1. The van der Waals surface area contributed by atoms with E-state index in [4.69, 9.17) is 4.74 Å². The van der Waals surface area contributed by atoms with Gasteiger partial charge in [-0.25, -0.2) is 0 Å². The average Bonchev–Trinajstić information content (AvgIpc) is 2.29. The van der Waals surface area contributed by atoms with E-state index in [9.17, 15) is 5.11 Å². The molecule has 0 aliphatic carbocycles. The number of pyridine rings is 1. The van der Waals surface area contributed by atoms with Gasteiger partial charge in [-0.05, 0) is 37.5 Å². The summed E-state index contributed by atoms with van der Waals surface area (Å²) in [5, 5.41) is 10.1. The third kappa shape index (κ3) is 2.55. The zero-order chi connectivity index (χ0) is 10.7. The van der Waals surface area contributed by atoms with E-state index in [1.807, 2.05) is 19.1 Å². The van der Waals surface area contributed by atoms with Crippen molar-refractivity contribution in [2.75, 3.05) is 13.2 Å². The van der Waals surface area contributed by atoms with Gasteiger partial charge in [0.05, 0.1) is 12.3 Å². The maximum atomic E-state index is 10.1. The highest BCUT2D eigenvalue weighted by Crippen LogP contribution is 2.27. The van der Waals surface area contributed by atoms with Crippen LogP contribution in [0.1, 0.15) is 30.2 Å². The molecule has 1 aromatic rings. The van der Waals surface area contributed by atoms with E-state index in [1.54, 1.807) is 6.20 Å². The van der Waals surface area contributed by atoms with E-state index in [0.717, 1.165) is 30.7 Å². The summed E-state index contributed by atoms with van der Waals surface area (Å²) in [5.74, 6) is 0.202. The number of aromatic nitrogens is 1. The summed E-state index contributed by atoms with van der Waals surface area (Å²) < 4.78 is 5.37. The monoisotopic (exact) mass is 207 g/mol. The Hall–Kier alpha value is -0.930. The summed E-state index contributed by atoms with van der Waals surface area (Å²) in [6.45, 7) is 3.48. The van der Waals surface area contributed by atoms with Crippen molar-refractivity contribution in [3.63, 3.8) is 0 Å². The third-order valence-electron chi connectivity index (χ3n) is 2.88. The number of rotatable bonds is 2. The summed E-state index contributed by atoms with van der Waals surface area (Å²) in [4.78, 5) is 4.21. The second-order valence-electron chi connectivity index (χ2n) is 4.18. The van der Waals surface area contributed by atoms with Crippen molar-refractivity contribution in [1.82, 2.24) is 4.98 Å². The molecule has 0 aromatic carbocycles. The zero-order valence-electron chi connectivity index (χ0n) is 9.02. The van der Waals surface area contributed by atoms with Crippen LogP contribution in [0.3, 0.4) is 0 Å². The topological polar surface area (TPSA) is 42.4 Å². The molecule has 0 spiro atoms. The lowest BCUT2D eigenvalue weighted by Gasteiger charge is -2.26. The summed E-state index contributed by atoms with van der Waals surface area (Å²) in [6, 6.07) is 3.88. The Balaban J connectivity index is 2.08. The quantitative estimate of drug-likeness (QED) is 0.804. The minimum absolute atomic E-state index is 0.202. The first-order chi connectivity index (χ1) is 7.27. The molecule has 1 N–H and O–H groups in total. The fourth-order valence-corrected chi connectivity index (χ4v) is 1.98. The predicted octanol–water partition coefficient (Wildman–Crippen LogP) is 1.85. The Kier molecular flexibility index (Phi) is 3.34. The largest absolute Gasteiger partial charge is 0.386 e. The van der Waals surface area contributed by atoms with E-state index in [0.29, 0.717) is 6.61 Å². The first kappa shape index (κ1) is 10.6. The standard InChI is InChI=1S/C12H17NO2/c1-9-4-5-13-11(7-9)12(14)10-3-2-6-15-8-10/h4-5,7,10,12,14H,2-3,6,8H2,1H3. The number of hydrogen-bond acceptors (Lipinski definition) is 3. The van der Waals surface area contributed by atoms with Gasteiger partial charge >= 0.3 is 0 Å². The molecule has 1 saturated heterocycles. The number of hydrogen-bond donors (Lipinski definition) is 1. The number of ether oxygens (including phenoxy) is 1. The van der Waals surface area contributed by atoms with Gasteiger partial charge in [-0.1, -0.05) is 0 Å². The fraction of sp³-hybridized carbons (Fsp3) is 0.583. The summed E-state index contributed by atoms with van der Waals surface area (Å²) in [7, 11) is 0. The molecule has 1 aliphatic rings. The minimum atomic E-state index is -0.481. The zero-order valence-corrected chi connectivity index (χ0v) is 9.02. The van der Waals surface area contributed by atoms with E-state index in [2.05, 4.69) is 4.98 Å². The van der Waals surface area contributed by atoms with Crippen LogP contribution in [0.4, 0.5) is 0 Å². The lowest BCUT2D eigenvalue weighted by atomic mass is 9.93. The Labute approximate surface area is 90.1 Å². The lowest BCUT2D eigenvalue weighted by molar-refractivity contribution is -0.0116. The maximum Gasteiger partial charge on any atom is 0.101 e. The van der Waals surface area contributed by atoms with Crippen LogP contribution in [0.25, 0.3) is 0 Å². The number of aliphatic hydroxyl groups excluding tert-OH is 1. The molecular weight excluding hydrogens is 190 g/mol. The molecule has 0 amide bonds. The molecule has 2 heterocycles. The van der Waals surface area contributed by atoms with Crippen molar-refractivity contribution < 1.29 is 9.84 Å². The molecule has 82 valence electrons. The molecule has 2 unspecified atom stereocenters.